The van der Waals surface area contributed by atoms with Gasteiger partial charge in [0.2, 0.25) is 5.28 Å². The van der Waals surface area contributed by atoms with Crippen molar-refractivity contribution in [1.82, 2.24) is 19.7 Å². The molecule has 0 amide bonds. The summed E-state index contributed by atoms with van der Waals surface area (Å²) in [5, 5.41) is 4.33. The molecule has 0 aliphatic rings. The van der Waals surface area contributed by atoms with Gasteiger partial charge in [-0.25, -0.2) is 9.67 Å². The highest BCUT2D eigenvalue weighted by molar-refractivity contribution is 9.10. The van der Waals surface area contributed by atoms with Crippen LogP contribution in [0.4, 0.5) is 0 Å². The van der Waals surface area contributed by atoms with E-state index in [1.807, 2.05) is 13.1 Å². The third-order valence-electron chi connectivity index (χ3n) is 1.62. The standard InChI is InChI=1S/C8H6BrClN4/c1-5-2-12-14(4-5)7-6(9)3-11-8(10)13-7/h2-4H,1H3. The summed E-state index contributed by atoms with van der Waals surface area (Å²) in [7, 11) is 0. The van der Waals surface area contributed by atoms with Crippen LogP contribution in [0.25, 0.3) is 5.82 Å². The maximum Gasteiger partial charge on any atom is 0.224 e. The Morgan fingerprint density at radius 3 is 2.86 bits per heavy atom. The van der Waals surface area contributed by atoms with Crippen molar-refractivity contribution in [3.8, 4) is 5.82 Å². The summed E-state index contributed by atoms with van der Waals surface area (Å²) < 4.78 is 2.40. The van der Waals surface area contributed by atoms with Crippen molar-refractivity contribution >= 4 is 27.5 Å². The van der Waals surface area contributed by atoms with Gasteiger partial charge in [0.05, 0.1) is 10.7 Å². The van der Waals surface area contributed by atoms with Crippen LogP contribution >= 0.6 is 27.5 Å². The van der Waals surface area contributed by atoms with Crippen LogP contribution in [0.5, 0.6) is 0 Å². The largest absolute Gasteiger partial charge is 0.225 e. The van der Waals surface area contributed by atoms with Gasteiger partial charge >= 0.3 is 0 Å². The van der Waals surface area contributed by atoms with E-state index >= 15 is 0 Å². The second-order valence-electron chi connectivity index (χ2n) is 2.77. The van der Waals surface area contributed by atoms with E-state index in [4.69, 9.17) is 11.6 Å². The predicted molar refractivity (Wildman–Crippen MR) is 56.6 cm³/mol. The molecule has 4 nitrogen and oxygen atoms in total. The fraction of sp³-hybridized carbons (Fsp3) is 0.125. The van der Waals surface area contributed by atoms with Crippen molar-refractivity contribution < 1.29 is 0 Å². The summed E-state index contributed by atoms with van der Waals surface area (Å²) >= 11 is 9.02. The molecule has 0 unspecified atom stereocenters. The quantitative estimate of drug-likeness (QED) is 0.749. The molecule has 2 aromatic heterocycles. The second kappa shape index (κ2) is 3.67. The average Bonchev–Trinajstić information content (AvgIpc) is 2.56. The SMILES string of the molecule is Cc1cnn(-c2nc(Cl)ncc2Br)c1. The first-order chi connectivity index (χ1) is 6.66. The van der Waals surface area contributed by atoms with Crippen molar-refractivity contribution in [2.75, 3.05) is 0 Å². The van der Waals surface area contributed by atoms with Crippen LogP contribution in [-0.2, 0) is 0 Å². The van der Waals surface area contributed by atoms with E-state index in [1.54, 1.807) is 17.1 Å². The Bertz CT molecular complexity index is 468. The Balaban J connectivity index is 2.55. The molecule has 2 aromatic rings. The predicted octanol–water partition coefficient (Wildman–Crippen LogP) is 2.39. The number of halogens is 2. The zero-order valence-corrected chi connectivity index (χ0v) is 9.62. The third kappa shape index (κ3) is 1.78. The van der Waals surface area contributed by atoms with E-state index in [1.165, 1.54) is 0 Å². The van der Waals surface area contributed by atoms with Crippen molar-refractivity contribution in [2.24, 2.45) is 0 Å². The Labute approximate surface area is 94.1 Å². The molecule has 0 spiro atoms. The molecule has 0 atom stereocenters. The van der Waals surface area contributed by atoms with Crippen LogP contribution in [0.2, 0.25) is 5.28 Å². The van der Waals surface area contributed by atoms with Gasteiger partial charge < -0.3 is 0 Å². The fourth-order valence-corrected chi connectivity index (χ4v) is 1.53. The number of aryl methyl sites for hydroxylation is 1. The normalized spacial score (nSPS) is 10.5. The summed E-state index contributed by atoms with van der Waals surface area (Å²) in [4.78, 5) is 7.90. The summed E-state index contributed by atoms with van der Waals surface area (Å²) in [5.41, 5.74) is 1.06. The van der Waals surface area contributed by atoms with Crippen LogP contribution in [0.15, 0.2) is 23.1 Å². The van der Waals surface area contributed by atoms with Gasteiger partial charge in [0.1, 0.15) is 0 Å². The second-order valence-corrected chi connectivity index (χ2v) is 3.97. The topological polar surface area (TPSA) is 43.6 Å². The summed E-state index contributed by atoms with van der Waals surface area (Å²) in [6.07, 6.45) is 5.22. The highest BCUT2D eigenvalue weighted by atomic mass is 79.9. The number of rotatable bonds is 1. The summed E-state index contributed by atoms with van der Waals surface area (Å²) in [6.45, 7) is 1.96. The zero-order chi connectivity index (χ0) is 10.1. The number of hydrogen-bond donors (Lipinski definition) is 0. The van der Waals surface area contributed by atoms with Gasteiger partial charge in [0.25, 0.3) is 0 Å². The van der Waals surface area contributed by atoms with Crippen molar-refractivity contribution in [3.63, 3.8) is 0 Å². The van der Waals surface area contributed by atoms with E-state index in [0.29, 0.717) is 5.82 Å². The lowest BCUT2D eigenvalue weighted by atomic mass is 10.4. The van der Waals surface area contributed by atoms with Gasteiger partial charge in [-0.2, -0.15) is 10.1 Å². The lowest BCUT2D eigenvalue weighted by Crippen LogP contribution is -2.00. The molecule has 14 heavy (non-hydrogen) atoms. The van der Waals surface area contributed by atoms with Crippen molar-refractivity contribution in [2.45, 2.75) is 6.92 Å². The van der Waals surface area contributed by atoms with Crippen LogP contribution in [0.1, 0.15) is 5.56 Å². The monoisotopic (exact) mass is 272 g/mol. The van der Waals surface area contributed by atoms with Gasteiger partial charge in [-0.1, -0.05) is 0 Å². The van der Waals surface area contributed by atoms with Crippen molar-refractivity contribution in [1.29, 1.82) is 0 Å². The van der Waals surface area contributed by atoms with Crippen LogP contribution in [0, 0.1) is 6.92 Å². The molecule has 0 aromatic carbocycles. The molecule has 0 saturated heterocycles. The summed E-state index contributed by atoms with van der Waals surface area (Å²) in [6, 6.07) is 0. The molecule has 6 heteroatoms. The highest BCUT2D eigenvalue weighted by Crippen LogP contribution is 2.18. The smallest absolute Gasteiger partial charge is 0.224 e. The lowest BCUT2D eigenvalue weighted by Gasteiger charge is -2.02. The molecule has 2 heterocycles. The molecular weight excluding hydrogens is 267 g/mol. The van der Waals surface area contributed by atoms with Crippen molar-refractivity contribution in [3.05, 3.63) is 33.9 Å². The van der Waals surface area contributed by atoms with E-state index in [2.05, 4.69) is 31.0 Å². The molecule has 0 fully saturated rings. The fourth-order valence-electron chi connectivity index (χ4n) is 1.03. The molecule has 0 aliphatic carbocycles. The third-order valence-corrected chi connectivity index (χ3v) is 2.37. The van der Waals surface area contributed by atoms with Gasteiger partial charge in [-0.3, -0.25) is 0 Å². The average molecular weight is 274 g/mol. The van der Waals surface area contributed by atoms with Gasteiger partial charge in [-0.15, -0.1) is 0 Å². The van der Waals surface area contributed by atoms with Crippen LogP contribution < -0.4 is 0 Å². The van der Waals surface area contributed by atoms with Crippen LogP contribution in [0.3, 0.4) is 0 Å². The molecule has 0 aliphatic heterocycles. The highest BCUT2D eigenvalue weighted by Gasteiger charge is 2.06. The number of nitrogens with zero attached hydrogens (tertiary/aromatic N) is 4. The molecule has 0 N–H and O–H groups in total. The van der Waals surface area contributed by atoms with E-state index < -0.39 is 0 Å². The van der Waals surface area contributed by atoms with E-state index in [-0.39, 0.29) is 5.28 Å². The van der Waals surface area contributed by atoms with Gasteiger partial charge in [0, 0.05) is 12.4 Å². The number of aromatic nitrogens is 4. The Morgan fingerprint density at radius 1 is 1.43 bits per heavy atom. The molecule has 0 saturated carbocycles. The Hall–Kier alpha value is -0.940. The minimum atomic E-state index is 0.205. The maximum atomic E-state index is 5.69. The molecule has 72 valence electrons. The first-order valence-corrected chi connectivity index (χ1v) is 5.03. The number of hydrogen-bond acceptors (Lipinski definition) is 3. The molecule has 0 bridgehead atoms. The van der Waals surface area contributed by atoms with Gasteiger partial charge in [-0.05, 0) is 40.0 Å². The Kier molecular flexibility index (Phi) is 2.52. The summed E-state index contributed by atoms with van der Waals surface area (Å²) in [5.74, 6) is 0.637. The van der Waals surface area contributed by atoms with E-state index in [9.17, 15) is 0 Å². The first kappa shape index (κ1) is 9.61. The van der Waals surface area contributed by atoms with Crippen LogP contribution in [-0.4, -0.2) is 19.7 Å². The minimum absolute atomic E-state index is 0.205. The molecular formula is C8H6BrClN4. The first-order valence-electron chi connectivity index (χ1n) is 3.86. The molecule has 2 rings (SSSR count). The zero-order valence-electron chi connectivity index (χ0n) is 7.28. The minimum Gasteiger partial charge on any atom is -0.225 e. The van der Waals surface area contributed by atoms with E-state index in [0.717, 1.165) is 10.0 Å². The Morgan fingerprint density at radius 2 is 2.21 bits per heavy atom. The lowest BCUT2D eigenvalue weighted by molar-refractivity contribution is 0.833. The van der Waals surface area contributed by atoms with Gasteiger partial charge in [0.15, 0.2) is 5.82 Å². The maximum absolute atomic E-state index is 5.69. The molecule has 0 radical (unpaired) electrons.